The number of pyridine rings is 1. The molecular weight excluding hydrogens is 360 g/mol. The Morgan fingerprint density at radius 3 is 2.39 bits per heavy atom. The summed E-state index contributed by atoms with van der Waals surface area (Å²) in [6, 6.07) is 11.8. The Balaban J connectivity index is 1.80. The van der Waals surface area contributed by atoms with Gasteiger partial charge in [-0.25, -0.2) is 4.79 Å². The summed E-state index contributed by atoms with van der Waals surface area (Å²) in [7, 11) is 0. The van der Waals surface area contributed by atoms with Crippen molar-refractivity contribution >= 4 is 39.6 Å². The average molecular weight is 380 g/mol. The topological polar surface area (TPSA) is 106 Å². The van der Waals surface area contributed by atoms with Gasteiger partial charge in [0, 0.05) is 29.2 Å². The SMILES string of the molecule is CC(C)(C)OC(=O)Nc1ccc(Nc2ccc3cnccc3c2[N+](=O)[O-])cc1. The van der Waals surface area contributed by atoms with Crippen molar-refractivity contribution < 1.29 is 14.5 Å². The molecule has 144 valence electrons. The molecule has 1 aromatic heterocycles. The van der Waals surface area contributed by atoms with Crippen LogP contribution in [0.1, 0.15) is 20.8 Å². The second-order valence-corrected chi connectivity index (χ2v) is 7.14. The summed E-state index contributed by atoms with van der Waals surface area (Å²) in [5, 5.41) is 18.5. The van der Waals surface area contributed by atoms with Gasteiger partial charge >= 0.3 is 11.8 Å². The molecule has 0 radical (unpaired) electrons. The van der Waals surface area contributed by atoms with E-state index in [1.54, 1.807) is 69.4 Å². The fraction of sp³-hybridized carbons (Fsp3) is 0.200. The maximum absolute atomic E-state index is 11.8. The van der Waals surface area contributed by atoms with Crippen LogP contribution in [0.4, 0.5) is 27.5 Å². The first-order valence-electron chi connectivity index (χ1n) is 8.61. The third kappa shape index (κ3) is 4.53. The summed E-state index contributed by atoms with van der Waals surface area (Å²) in [4.78, 5) is 27.0. The third-order valence-electron chi connectivity index (χ3n) is 3.78. The molecule has 8 nitrogen and oxygen atoms in total. The molecule has 0 spiro atoms. The third-order valence-corrected chi connectivity index (χ3v) is 3.78. The number of benzene rings is 2. The molecule has 2 aromatic carbocycles. The summed E-state index contributed by atoms with van der Waals surface area (Å²) in [5.74, 6) is 0. The van der Waals surface area contributed by atoms with Gasteiger partial charge in [-0.3, -0.25) is 20.4 Å². The van der Waals surface area contributed by atoms with Gasteiger partial charge in [0.05, 0.1) is 10.3 Å². The quantitative estimate of drug-likeness (QED) is 0.474. The lowest BCUT2D eigenvalue weighted by Gasteiger charge is -2.19. The predicted octanol–water partition coefficient (Wildman–Crippen LogP) is 5.23. The average Bonchev–Trinajstić information content (AvgIpc) is 2.61. The van der Waals surface area contributed by atoms with Crippen molar-refractivity contribution in [2.75, 3.05) is 10.6 Å². The molecule has 28 heavy (non-hydrogen) atoms. The highest BCUT2D eigenvalue weighted by Crippen LogP contribution is 2.34. The van der Waals surface area contributed by atoms with E-state index >= 15 is 0 Å². The molecule has 1 amide bonds. The molecule has 2 N–H and O–H groups in total. The highest BCUT2D eigenvalue weighted by Gasteiger charge is 2.19. The van der Waals surface area contributed by atoms with Crippen LogP contribution in [0, 0.1) is 10.1 Å². The highest BCUT2D eigenvalue weighted by atomic mass is 16.6. The maximum atomic E-state index is 11.8. The number of nitro groups is 1. The Hall–Kier alpha value is -3.68. The number of nitro benzene ring substituents is 1. The summed E-state index contributed by atoms with van der Waals surface area (Å²) in [5.41, 5.74) is 0.966. The molecule has 0 saturated heterocycles. The van der Waals surface area contributed by atoms with Crippen LogP contribution in [0.3, 0.4) is 0 Å². The van der Waals surface area contributed by atoms with E-state index in [2.05, 4.69) is 15.6 Å². The predicted molar refractivity (Wildman–Crippen MR) is 108 cm³/mol. The van der Waals surface area contributed by atoms with Crippen LogP contribution in [0.2, 0.25) is 0 Å². The van der Waals surface area contributed by atoms with Crippen molar-refractivity contribution in [3.05, 3.63) is 65.0 Å². The van der Waals surface area contributed by atoms with Gasteiger partial charge in [-0.1, -0.05) is 6.07 Å². The Bertz CT molecular complexity index is 1030. The number of ether oxygens (including phenoxy) is 1. The summed E-state index contributed by atoms with van der Waals surface area (Å²) in [6.07, 6.45) is 2.56. The van der Waals surface area contributed by atoms with Crippen LogP contribution in [0.15, 0.2) is 54.9 Å². The smallest absolute Gasteiger partial charge is 0.412 e. The molecule has 3 rings (SSSR count). The molecule has 0 bridgehead atoms. The number of amides is 1. The highest BCUT2D eigenvalue weighted by molar-refractivity contribution is 5.97. The number of anilines is 3. The van der Waals surface area contributed by atoms with Gasteiger partial charge in [-0.2, -0.15) is 0 Å². The van der Waals surface area contributed by atoms with Crippen molar-refractivity contribution in [1.29, 1.82) is 0 Å². The van der Waals surface area contributed by atoms with Crippen molar-refractivity contribution in [3.8, 4) is 0 Å². The first-order chi connectivity index (χ1) is 13.2. The van der Waals surface area contributed by atoms with E-state index in [0.717, 1.165) is 0 Å². The van der Waals surface area contributed by atoms with E-state index < -0.39 is 16.6 Å². The molecule has 8 heteroatoms. The normalized spacial score (nSPS) is 11.1. The van der Waals surface area contributed by atoms with Gasteiger partial charge < -0.3 is 10.1 Å². The van der Waals surface area contributed by atoms with Gasteiger partial charge in [-0.05, 0) is 57.2 Å². The molecule has 0 fully saturated rings. The molecule has 0 aliphatic carbocycles. The maximum Gasteiger partial charge on any atom is 0.412 e. The van der Waals surface area contributed by atoms with Crippen LogP contribution in [-0.4, -0.2) is 21.6 Å². The zero-order chi connectivity index (χ0) is 20.3. The van der Waals surface area contributed by atoms with E-state index in [1.165, 1.54) is 6.20 Å². The molecule has 0 aliphatic rings. The van der Waals surface area contributed by atoms with Gasteiger partial charge in [0.1, 0.15) is 11.3 Å². The molecule has 0 saturated carbocycles. The summed E-state index contributed by atoms with van der Waals surface area (Å²) in [6.45, 7) is 5.35. The number of nitrogens with zero attached hydrogens (tertiary/aromatic N) is 2. The first-order valence-corrected chi connectivity index (χ1v) is 8.61. The Kier molecular flexibility index (Phi) is 5.12. The molecule has 0 atom stereocenters. The lowest BCUT2D eigenvalue weighted by atomic mass is 10.1. The molecular formula is C20H20N4O4. The van der Waals surface area contributed by atoms with Crippen LogP contribution in [0.5, 0.6) is 0 Å². The van der Waals surface area contributed by atoms with Crippen molar-refractivity contribution in [2.45, 2.75) is 26.4 Å². The number of carbonyl (C=O) groups is 1. The zero-order valence-electron chi connectivity index (χ0n) is 15.7. The van der Waals surface area contributed by atoms with Crippen molar-refractivity contribution in [2.24, 2.45) is 0 Å². The van der Waals surface area contributed by atoms with E-state index in [-0.39, 0.29) is 5.69 Å². The fourth-order valence-electron chi connectivity index (χ4n) is 2.66. The first kappa shape index (κ1) is 19.1. The largest absolute Gasteiger partial charge is 0.444 e. The minimum atomic E-state index is -0.587. The standard InChI is InChI=1S/C20H20N4O4/c1-20(2,3)28-19(25)23-15-7-5-14(6-8-15)22-17-9-4-13-12-21-11-10-16(13)18(17)24(26)27/h4-12,22H,1-3H3,(H,23,25). The van der Waals surface area contributed by atoms with E-state index in [4.69, 9.17) is 4.74 Å². The molecule has 0 aliphatic heterocycles. The van der Waals surface area contributed by atoms with Crippen LogP contribution >= 0.6 is 0 Å². The Morgan fingerprint density at radius 1 is 1.07 bits per heavy atom. The van der Waals surface area contributed by atoms with Gasteiger partial charge in [-0.15, -0.1) is 0 Å². The fourth-order valence-corrected chi connectivity index (χ4v) is 2.66. The van der Waals surface area contributed by atoms with Crippen LogP contribution in [-0.2, 0) is 4.74 Å². The number of carbonyl (C=O) groups excluding carboxylic acids is 1. The number of hydrogen-bond donors (Lipinski definition) is 2. The number of aromatic nitrogens is 1. The van der Waals surface area contributed by atoms with E-state index in [1.807, 2.05) is 0 Å². The Morgan fingerprint density at radius 2 is 1.75 bits per heavy atom. The number of rotatable bonds is 4. The minimum absolute atomic E-state index is 0.0177. The second-order valence-electron chi connectivity index (χ2n) is 7.14. The van der Waals surface area contributed by atoms with Crippen LogP contribution in [0.25, 0.3) is 10.8 Å². The monoisotopic (exact) mass is 380 g/mol. The Labute approximate surface area is 161 Å². The van der Waals surface area contributed by atoms with E-state index in [0.29, 0.717) is 27.8 Å². The second kappa shape index (κ2) is 7.51. The van der Waals surface area contributed by atoms with Gasteiger partial charge in [0.15, 0.2) is 0 Å². The number of nitrogens with one attached hydrogen (secondary N) is 2. The number of fused-ring (bicyclic) bond motifs is 1. The summed E-state index contributed by atoms with van der Waals surface area (Å²) < 4.78 is 5.20. The minimum Gasteiger partial charge on any atom is -0.444 e. The number of hydrogen-bond acceptors (Lipinski definition) is 6. The van der Waals surface area contributed by atoms with Crippen LogP contribution < -0.4 is 10.6 Å². The lowest BCUT2D eigenvalue weighted by molar-refractivity contribution is -0.382. The molecule has 3 aromatic rings. The van der Waals surface area contributed by atoms with Crippen molar-refractivity contribution in [3.63, 3.8) is 0 Å². The lowest BCUT2D eigenvalue weighted by Crippen LogP contribution is -2.27. The molecule has 1 heterocycles. The van der Waals surface area contributed by atoms with Crippen molar-refractivity contribution in [1.82, 2.24) is 4.98 Å². The summed E-state index contributed by atoms with van der Waals surface area (Å²) >= 11 is 0. The van der Waals surface area contributed by atoms with E-state index in [9.17, 15) is 14.9 Å². The molecule has 0 unspecified atom stereocenters. The van der Waals surface area contributed by atoms with Gasteiger partial charge in [0.25, 0.3) is 0 Å². The zero-order valence-corrected chi connectivity index (χ0v) is 15.7. The van der Waals surface area contributed by atoms with Gasteiger partial charge in [0.2, 0.25) is 0 Å².